The molecule has 0 spiro atoms. The molecule has 1 fully saturated rings. The lowest BCUT2D eigenvalue weighted by Crippen LogP contribution is -2.46. The zero-order chi connectivity index (χ0) is 11.5. The molecule has 0 aromatic carbocycles. The van der Waals surface area contributed by atoms with Crippen molar-refractivity contribution in [2.45, 2.75) is 18.9 Å². The summed E-state index contributed by atoms with van der Waals surface area (Å²) >= 11 is 0. The van der Waals surface area contributed by atoms with Crippen LogP contribution in [-0.2, 0) is 14.3 Å². The molecule has 1 unspecified atom stereocenters. The molecule has 2 N–H and O–H groups in total. The normalized spacial score (nSPS) is 18.5. The summed E-state index contributed by atoms with van der Waals surface area (Å²) in [4.78, 5) is 22.5. The number of carbonyl (C=O) groups excluding carboxylic acids is 2. The second-order valence-corrected chi connectivity index (χ2v) is 3.43. The predicted molar refractivity (Wildman–Crippen MR) is 48.3 cm³/mol. The van der Waals surface area contributed by atoms with E-state index in [2.05, 4.69) is 10.1 Å². The number of nitrogens with zero attached hydrogens (tertiary/aromatic N) is 1. The van der Waals surface area contributed by atoms with Crippen molar-refractivity contribution in [2.24, 2.45) is 5.41 Å². The number of amides is 1. The average Bonchev–Trinajstić information content (AvgIpc) is 3.05. The number of rotatable bonds is 4. The highest BCUT2D eigenvalue weighted by Gasteiger charge is 2.51. The van der Waals surface area contributed by atoms with E-state index in [4.69, 9.17) is 10.4 Å². The molecule has 0 aliphatic heterocycles. The second-order valence-electron chi connectivity index (χ2n) is 3.43. The van der Waals surface area contributed by atoms with E-state index in [-0.39, 0.29) is 0 Å². The number of ether oxygens (including phenoxy) is 1. The van der Waals surface area contributed by atoms with Gasteiger partial charge in [-0.15, -0.1) is 0 Å². The number of aliphatic hydroxyl groups excluding tert-OH is 1. The van der Waals surface area contributed by atoms with Crippen LogP contribution in [0.4, 0.5) is 0 Å². The third kappa shape index (κ3) is 2.25. The fourth-order valence-corrected chi connectivity index (χ4v) is 1.13. The maximum atomic E-state index is 11.5. The summed E-state index contributed by atoms with van der Waals surface area (Å²) in [5.41, 5.74) is -0.999. The second kappa shape index (κ2) is 4.28. The van der Waals surface area contributed by atoms with Gasteiger partial charge < -0.3 is 15.2 Å². The highest BCUT2D eigenvalue weighted by molar-refractivity contribution is 5.91. The van der Waals surface area contributed by atoms with Crippen molar-refractivity contribution in [2.75, 3.05) is 13.7 Å². The summed E-state index contributed by atoms with van der Waals surface area (Å²) in [5, 5.41) is 19.8. The van der Waals surface area contributed by atoms with Crippen LogP contribution in [0.15, 0.2) is 0 Å². The first-order valence-electron chi connectivity index (χ1n) is 4.50. The molecule has 0 bridgehead atoms. The van der Waals surface area contributed by atoms with Crippen molar-refractivity contribution < 1.29 is 19.4 Å². The van der Waals surface area contributed by atoms with Gasteiger partial charge in [-0.2, -0.15) is 5.26 Å². The molecular formula is C9H12N2O4. The van der Waals surface area contributed by atoms with Gasteiger partial charge in [0, 0.05) is 0 Å². The number of esters is 1. The molecular weight excluding hydrogens is 200 g/mol. The SMILES string of the molecule is COC(=O)C(CO)NC(=O)C1(C#N)CC1. The van der Waals surface area contributed by atoms with E-state index in [1.54, 1.807) is 0 Å². The first-order valence-corrected chi connectivity index (χ1v) is 4.50. The van der Waals surface area contributed by atoms with Crippen LogP contribution in [0.5, 0.6) is 0 Å². The van der Waals surface area contributed by atoms with E-state index < -0.39 is 29.9 Å². The Morgan fingerprint density at radius 2 is 2.27 bits per heavy atom. The zero-order valence-electron chi connectivity index (χ0n) is 8.32. The van der Waals surface area contributed by atoms with E-state index >= 15 is 0 Å². The van der Waals surface area contributed by atoms with Crippen LogP contribution >= 0.6 is 0 Å². The van der Waals surface area contributed by atoms with Crippen LogP contribution in [0.1, 0.15) is 12.8 Å². The number of aliphatic hydroxyl groups is 1. The molecule has 1 rings (SSSR count). The summed E-state index contributed by atoms with van der Waals surface area (Å²) in [7, 11) is 1.16. The van der Waals surface area contributed by atoms with Gasteiger partial charge in [0.1, 0.15) is 5.41 Å². The van der Waals surface area contributed by atoms with Crippen LogP contribution in [-0.4, -0.2) is 36.7 Å². The first kappa shape index (κ1) is 11.5. The van der Waals surface area contributed by atoms with Crippen molar-refractivity contribution in [3.05, 3.63) is 0 Å². The molecule has 1 saturated carbocycles. The third-order valence-electron chi connectivity index (χ3n) is 2.37. The molecule has 6 nitrogen and oxygen atoms in total. The average molecular weight is 212 g/mol. The summed E-state index contributed by atoms with van der Waals surface area (Å²) < 4.78 is 4.37. The van der Waals surface area contributed by atoms with Crippen molar-refractivity contribution >= 4 is 11.9 Å². The van der Waals surface area contributed by atoms with Gasteiger partial charge in [0.05, 0.1) is 19.8 Å². The Hall–Kier alpha value is -1.61. The maximum absolute atomic E-state index is 11.5. The molecule has 1 aliphatic rings. The molecule has 1 atom stereocenters. The highest BCUT2D eigenvalue weighted by Crippen LogP contribution is 2.45. The van der Waals surface area contributed by atoms with Gasteiger partial charge in [-0.05, 0) is 12.8 Å². The van der Waals surface area contributed by atoms with Crippen molar-refractivity contribution in [3.8, 4) is 6.07 Å². The molecule has 1 amide bonds. The molecule has 15 heavy (non-hydrogen) atoms. The minimum atomic E-state index is -1.09. The highest BCUT2D eigenvalue weighted by atomic mass is 16.5. The Morgan fingerprint density at radius 1 is 1.67 bits per heavy atom. The molecule has 82 valence electrons. The first-order chi connectivity index (χ1) is 7.09. The number of hydrogen-bond acceptors (Lipinski definition) is 5. The zero-order valence-corrected chi connectivity index (χ0v) is 8.32. The van der Waals surface area contributed by atoms with Crippen LogP contribution in [0.3, 0.4) is 0 Å². The van der Waals surface area contributed by atoms with Gasteiger partial charge in [0.25, 0.3) is 0 Å². The lowest BCUT2D eigenvalue weighted by Gasteiger charge is -2.15. The smallest absolute Gasteiger partial charge is 0.330 e. The van der Waals surface area contributed by atoms with Crippen LogP contribution in [0.2, 0.25) is 0 Å². The van der Waals surface area contributed by atoms with Gasteiger partial charge in [0.15, 0.2) is 6.04 Å². The molecule has 0 aromatic rings. The molecule has 0 aromatic heterocycles. The van der Waals surface area contributed by atoms with E-state index in [9.17, 15) is 9.59 Å². The van der Waals surface area contributed by atoms with Crippen molar-refractivity contribution in [1.82, 2.24) is 5.32 Å². The van der Waals surface area contributed by atoms with Crippen molar-refractivity contribution in [1.29, 1.82) is 5.26 Å². The van der Waals surface area contributed by atoms with Gasteiger partial charge >= 0.3 is 5.97 Å². The fourth-order valence-electron chi connectivity index (χ4n) is 1.13. The number of hydrogen-bond donors (Lipinski definition) is 2. The lowest BCUT2D eigenvalue weighted by atomic mass is 10.1. The number of nitrogens with one attached hydrogen (secondary N) is 1. The monoisotopic (exact) mass is 212 g/mol. The number of nitriles is 1. The van der Waals surface area contributed by atoms with Gasteiger partial charge in [-0.25, -0.2) is 4.79 Å². The Bertz CT molecular complexity index is 317. The largest absolute Gasteiger partial charge is 0.467 e. The van der Waals surface area contributed by atoms with Gasteiger partial charge in [0.2, 0.25) is 5.91 Å². The Kier molecular flexibility index (Phi) is 3.27. The fraction of sp³-hybridized carbons (Fsp3) is 0.667. The lowest BCUT2D eigenvalue weighted by molar-refractivity contribution is -0.146. The Labute approximate surface area is 86.8 Å². The molecule has 0 heterocycles. The summed E-state index contributed by atoms with van der Waals surface area (Å²) in [6.07, 6.45) is 0.989. The standard InChI is InChI=1S/C9H12N2O4/c1-15-7(13)6(4-12)11-8(14)9(5-10)2-3-9/h6,12H,2-4H2,1H3,(H,11,14). The minimum absolute atomic E-state index is 0.495. The van der Waals surface area contributed by atoms with Crippen LogP contribution in [0.25, 0.3) is 0 Å². The van der Waals surface area contributed by atoms with E-state index in [1.165, 1.54) is 0 Å². The topological polar surface area (TPSA) is 99.4 Å². The molecule has 1 aliphatic carbocycles. The maximum Gasteiger partial charge on any atom is 0.330 e. The number of methoxy groups -OCH3 is 1. The summed E-state index contributed by atoms with van der Waals surface area (Å²) in [5.74, 6) is -1.24. The number of carbonyl (C=O) groups is 2. The molecule has 6 heteroatoms. The molecule has 0 radical (unpaired) electrons. The van der Waals surface area contributed by atoms with E-state index in [0.29, 0.717) is 12.8 Å². The van der Waals surface area contributed by atoms with E-state index in [0.717, 1.165) is 7.11 Å². The van der Waals surface area contributed by atoms with Crippen molar-refractivity contribution in [3.63, 3.8) is 0 Å². The predicted octanol–water partition coefficient (Wildman–Crippen LogP) is -1.06. The van der Waals surface area contributed by atoms with Gasteiger partial charge in [-0.1, -0.05) is 0 Å². The van der Waals surface area contributed by atoms with Gasteiger partial charge in [-0.3, -0.25) is 4.79 Å². The third-order valence-corrected chi connectivity index (χ3v) is 2.37. The summed E-state index contributed by atoms with van der Waals surface area (Å²) in [6.45, 7) is -0.542. The molecule has 0 saturated heterocycles. The van der Waals surface area contributed by atoms with E-state index in [1.807, 2.05) is 6.07 Å². The Morgan fingerprint density at radius 3 is 2.60 bits per heavy atom. The van der Waals surface area contributed by atoms with Crippen LogP contribution < -0.4 is 5.32 Å². The minimum Gasteiger partial charge on any atom is -0.467 e. The summed E-state index contributed by atoms with van der Waals surface area (Å²) in [6, 6.07) is 0.803. The Balaban J connectivity index is 2.57. The van der Waals surface area contributed by atoms with Crippen LogP contribution in [0, 0.1) is 16.7 Å². The quantitative estimate of drug-likeness (QED) is 0.579.